The first-order valence-electron chi connectivity index (χ1n) is 4.80. The van der Waals surface area contributed by atoms with Gasteiger partial charge in [0.15, 0.2) is 12.2 Å². The van der Waals surface area contributed by atoms with Crippen molar-refractivity contribution in [3.8, 4) is 11.3 Å². The summed E-state index contributed by atoms with van der Waals surface area (Å²) in [5, 5.41) is 7.24. The van der Waals surface area contributed by atoms with Gasteiger partial charge in [-0.15, -0.1) is 0 Å². The van der Waals surface area contributed by atoms with E-state index in [1.807, 2.05) is 25.7 Å². The fourth-order valence-electron chi connectivity index (χ4n) is 1.50. The summed E-state index contributed by atoms with van der Waals surface area (Å²) >= 11 is 0. The van der Waals surface area contributed by atoms with Crippen LogP contribution >= 0.6 is 0 Å². The van der Waals surface area contributed by atoms with E-state index in [2.05, 4.69) is 15.4 Å². The Bertz CT molecular complexity index is 458. The Balaban J connectivity index is 2.44. The molecule has 5 nitrogen and oxygen atoms in total. The molecule has 0 aliphatic rings. The van der Waals surface area contributed by atoms with E-state index in [9.17, 15) is 0 Å². The van der Waals surface area contributed by atoms with Crippen molar-refractivity contribution in [2.24, 2.45) is 7.05 Å². The van der Waals surface area contributed by atoms with Crippen molar-refractivity contribution in [3.05, 3.63) is 24.0 Å². The van der Waals surface area contributed by atoms with E-state index < -0.39 is 0 Å². The van der Waals surface area contributed by atoms with Gasteiger partial charge in [0.05, 0.1) is 11.8 Å². The summed E-state index contributed by atoms with van der Waals surface area (Å²) in [5.74, 6) is 0.801. The Morgan fingerprint density at radius 2 is 2.33 bits per heavy atom. The van der Waals surface area contributed by atoms with Crippen molar-refractivity contribution in [2.45, 2.75) is 13.5 Å². The Hall–Kier alpha value is -1.62. The van der Waals surface area contributed by atoms with E-state index in [0.29, 0.717) is 6.54 Å². The molecule has 2 rings (SSSR count). The highest BCUT2D eigenvalue weighted by atomic mass is 16.3. The number of oxazole rings is 1. The van der Waals surface area contributed by atoms with Crippen LogP contribution in [-0.2, 0) is 13.6 Å². The van der Waals surface area contributed by atoms with Gasteiger partial charge in [-0.1, -0.05) is 0 Å². The highest BCUT2D eigenvalue weighted by molar-refractivity contribution is 5.61. The van der Waals surface area contributed by atoms with Gasteiger partial charge >= 0.3 is 0 Å². The third-order valence-corrected chi connectivity index (χ3v) is 2.47. The molecule has 80 valence electrons. The Kier molecular flexibility index (Phi) is 2.55. The molecule has 2 aromatic rings. The smallest absolute Gasteiger partial charge is 0.181 e. The van der Waals surface area contributed by atoms with Gasteiger partial charge in [-0.3, -0.25) is 4.68 Å². The van der Waals surface area contributed by atoms with Crippen molar-refractivity contribution >= 4 is 0 Å². The normalized spacial score (nSPS) is 10.9. The summed E-state index contributed by atoms with van der Waals surface area (Å²) in [6.07, 6.45) is 3.27. The number of hydrogen-bond donors (Lipinski definition) is 1. The molecule has 0 aromatic carbocycles. The van der Waals surface area contributed by atoms with E-state index in [0.717, 1.165) is 22.7 Å². The van der Waals surface area contributed by atoms with Crippen molar-refractivity contribution in [1.82, 2.24) is 20.1 Å². The van der Waals surface area contributed by atoms with Crippen LogP contribution < -0.4 is 5.32 Å². The van der Waals surface area contributed by atoms with Crippen LogP contribution in [0.4, 0.5) is 0 Å². The average molecular weight is 206 g/mol. The van der Waals surface area contributed by atoms with Crippen LogP contribution in [0.15, 0.2) is 17.0 Å². The molecule has 0 spiro atoms. The van der Waals surface area contributed by atoms with Crippen LogP contribution in [0, 0.1) is 6.92 Å². The molecule has 0 unspecified atom stereocenters. The molecular weight excluding hydrogens is 192 g/mol. The molecule has 0 amide bonds. The van der Waals surface area contributed by atoms with E-state index >= 15 is 0 Å². The maximum atomic E-state index is 5.39. The average Bonchev–Trinajstić information content (AvgIpc) is 2.77. The van der Waals surface area contributed by atoms with Crippen LogP contribution in [0.3, 0.4) is 0 Å². The lowest BCUT2D eigenvalue weighted by molar-refractivity contribution is 0.569. The van der Waals surface area contributed by atoms with E-state index in [-0.39, 0.29) is 0 Å². The zero-order valence-electron chi connectivity index (χ0n) is 9.11. The van der Waals surface area contributed by atoms with Crippen LogP contribution in [-0.4, -0.2) is 21.8 Å². The SMILES string of the molecule is CNCc1ncoc1-c1cnn(C)c1C. The fraction of sp³-hybridized carbons (Fsp3) is 0.400. The van der Waals surface area contributed by atoms with Crippen molar-refractivity contribution in [1.29, 1.82) is 0 Å². The zero-order chi connectivity index (χ0) is 10.8. The van der Waals surface area contributed by atoms with Gasteiger partial charge in [-0.2, -0.15) is 5.10 Å². The number of aromatic nitrogens is 3. The summed E-state index contributed by atoms with van der Waals surface area (Å²) in [7, 11) is 3.79. The van der Waals surface area contributed by atoms with Gasteiger partial charge in [-0.05, 0) is 14.0 Å². The van der Waals surface area contributed by atoms with Crippen molar-refractivity contribution < 1.29 is 4.42 Å². The van der Waals surface area contributed by atoms with Gasteiger partial charge in [0.2, 0.25) is 0 Å². The molecule has 0 aliphatic carbocycles. The molecule has 0 atom stereocenters. The van der Waals surface area contributed by atoms with Gasteiger partial charge in [-0.25, -0.2) is 4.98 Å². The first-order chi connectivity index (χ1) is 7.24. The summed E-state index contributed by atoms with van der Waals surface area (Å²) in [6, 6.07) is 0. The third-order valence-electron chi connectivity index (χ3n) is 2.47. The standard InChI is InChI=1S/C10H14N4O/c1-7-8(4-13-14(7)3)10-9(5-11-2)12-6-15-10/h4,6,11H,5H2,1-3H3. The predicted octanol–water partition coefficient (Wildman–Crippen LogP) is 1.10. The molecule has 2 heterocycles. The lowest BCUT2D eigenvalue weighted by Crippen LogP contribution is -2.06. The highest BCUT2D eigenvalue weighted by Crippen LogP contribution is 2.25. The van der Waals surface area contributed by atoms with Crippen molar-refractivity contribution in [3.63, 3.8) is 0 Å². The summed E-state index contributed by atoms with van der Waals surface area (Å²) in [5.41, 5.74) is 2.98. The zero-order valence-corrected chi connectivity index (χ0v) is 9.11. The van der Waals surface area contributed by atoms with Crippen LogP contribution in [0.1, 0.15) is 11.4 Å². The molecule has 0 bridgehead atoms. The largest absolute Gasteiger partial charge is 0.443 e. The third kappa shape index (κ3) is 1.66. The van der Waals surface area contributed by atoms with Crippen LogP contribution in [0.2, 0.25) is 0 Å². The van der Waals surface area contributed by atoms with Crippen molar-refractivity contribution in [2.75, 3.05) is 7.05 Å². The number of aryl methyl sites for hydroxylation is 1. The van der Waals surface area contributed by atoms with Gasteiger partial charge in [0.25, 0.3) is 0 Å². The van der Waals surface area contributed by atoms with E-state index in [1.54, 1.807) is 6.20 Å². The fourth-order valence-corrected chi connectivity index (χ4v) is 1.50. The lowest BCUT2D eigenvalue weighted by atomic mass is 10.1. The van der Waals surface area contributed by atoms with Gasteiger partial charge < -0.3 is 9.73 Å². The first kappa shape index (κ1) is 9.92. The molecule has 5 heteroatoms. The molecule has 15 heavy (non-hydrogen) atoms. The predicted molar refractivity (Wildman–Crippen MR) is 56.2 cm³/mol. The second kappa shape index (κ2) is 3.86. The summed E-state index contributed by atoms with van der Waals surface area (Å²) in [6.45, 7) is 2.70. The van der Waals surface area contributed by atoms with Gasteiger partial charge in [0, 0.05) is 19.3 Å². The minimum Gasteiger partial charge on any atom is -0.443 e. The Morgan fingerprint density at radius 3 is 2.93 bits per heavy atom. The minimum absolute atomic E-state index is 0.695. The van der Waals surface area contributed by atoms with E-state index in [4.69, 9.17) is 4.42 Å². The van der Waals surface area contributed by atoms with E-state index in [1.165, 1.54) is 6.39 Å². The second-order valence-electron chi connectivity index (χ2n) is 3.43. The number of nitrogens with one attached hydrogen (secondary N) is 1. The molecule has 0 aliphatic heterocycles. The van der Waals surface area contributed by atoms with Gasteiger partial charge in [0.1, 0.15) is 5.69 Å². The maximum absolute atomic E-state index is 5.39. The Morgan fingerprint density at radius 1 is 1.53 bits per heavy atom. The molecule has 0 radical (unpaired) electrons. The monoisotopic (exact) mass is 206 g/mol. The Labute approximate surface area is 88.1 Å². The molecule has 0 saturated carbocycles. The highest BCUT2D eigenvalue weighted by Gasteiger charge is 2.14. The summed E-state index contributed by atoms with van der Waals surface area (Å²) < 4.78 is 7.21. The number of hydrogen-bond acceptors (Lipinski definition) is 4. The summed E-state index contributed by atoms with van der Waals surface area (Å²) in [4.78, 5) is 4.17. The number of rotatable bonds is 3. The molecule has 0 saturated heterocycles. The van der Waals surface area contributed by atoms with Crippen LogP contribution in [0.5, 0.6) is 0 Å². The minimum atomic E-state index is 0.695. The quantitative estimate of drug-likeness (QED) is 0.817. The first-order valence-corrected chi connectivity index (χ1v) is 4.80. The molecule has 1 N–H and O–H groups in total. The lowest BCUT2D eigenvalue weighted by Gasteiger charge is -1.99. The second-order valence-corrected chi connectivity index (χ2v) is 3.43. The van der Waals surface area contributed by atoms with Crippen LogP contribution in [0.25, 0.3) is 11.3 Å². The molecule has 0 fully saturated rings. The number of nitrogens with zero attached hydrogens (tertiary/aromatic N) is 3. The molecular formula is C10H14N4O. The molecule has 2 aromatic heterocycles. The topological polar surface area (TPSA) is 55.9 Å². The maximum Gasteiger partial charge on any atom is 0.181 e.